The van der Waals surface area contributed by atoms with Crippen LogP contribution in [-0.4, -0.2) is 46.0 Å². The molecule has 0 bridgehead atoms. The van der Waals surface area contributed by atoms with Crippen LogP contribution in [0.1, 0.15) is 20.3 Å². The zero-order valence-electron chi connectivity index (χ0n) is 12.8. The van der Waals surface area contributed by atoms with Crippen LogP contribution in [-0.2, 0) is 0 Å². The van der Waals surface area contributed by atoms with Crippen molar-refractivity contribution in [2.45, 2.75) is 20.3 Å². The SMILES string of the molecule is CCN(CC)CCCNc1ncnc(-c2ccccc2)n1. The smallest absolute Gasteiger partial charge is 0.226 e. The molecule has 0 fully saturated rings. The molecule has 1 aromatic heterocycles. The van der Waals surface area contributed by atoms with E-state index in [2.05, 4.69) is 39.0 Å². The van der Waals surface area contributed by atoms with Crippen molar-refractivity contribution in [3.8, 4) is 11.4 Å². The average Bonchev–Trinajstić information content (AvgIpc) is 2.56. The highest BCUT2D eigenvalue weighted by Gasteiger charge is 2.03. The first-order chi connectivity index (χ1) is 10.3. The molecule has 5 heteroatoms. The first-order valence-corrected chi connectivity index (χ1v) is 7.54. The third-order valence-corrected chi connectivity index (χ3v) is 3.43. The van der Waals surface area contributed by atoms with Gasteiger partial charge >= 0.3 is 0 Å². The zero-order valence-corrected chi connectivity index (χ0v) is 12.8. The first-order valence-electron chi connectivity index (χ1n) is 7.54. The van der Waals surface area contributed by atoms with Gasteiger partial charge in [-0.3, -0.25) is 0 Å². The van der Waals surface area contributed by atoms with Crippen LogP contribution in [0.15, 0.2) is 36.7 Å². The molecule has 0 aliphatic carbocycles. The lowest BCUT2D eigenvalue weighted by Gasteiger charge is -2.17. The number of benzene rings is 1. The highest BCUT2D eigenvalue weighted by atomic mass is 15.1. The second kappa shape index (κ2) is 8.32. The van der Waals surface area contributed by atoms with Gasteiger partial charge in [-0.2, -0.15) is 4.98 Å². The van der Waals surface area contributed by atoms with Crippen molar-refractivity contribution in [2.75, 3.05) is 31.5 Å². The van der Waals surface area contributed by atoms with Crippen molar-refractivity contribution in [1.29, 1.82) is 0 Å². The maximum Gasteiger partial charge on any atom is 0.226 e. The van der Waals surface area contributed by atoms with Crippen LogP contribution in [0.5, 0.6) is 0 Å². The molecule has 0 aliphatic heterocycles. The molecule has 0 unspecified atom stereocenters. The van der Waals surface area contributed by atoms with Gasteiger partial charge in [-0.15, -0.1) is 0 Å². The Balaban J connectivity index is 1.87. The van der Waals surface area contributed by atoms with Crippen LogP contribution in [0, 0.1) is 0 Å². The van der Waals surface area contributed by atoms with Gasteiger partial charge in [-0.05, 0) is 26.1 Å². The van der Waals surface area contributed by atoms with Gasteiger partial charge in [-0.1, -0.05) is 44.2 Å². The second-order valence-electron chi connectivity index (χ2n) is 4.81. The van der Waals surface area contributed by atoms with Gasteiger partial charge in [0.1, 0.15) is 6.33 Å². The van der Waals surface area contributed by atoms with E-state index in [0.717, 1.165) is 38.2 Å². The summed E-state index contributed by atoms with van der Waals surface area (Å²) in [6.45, 7) is 8.54. The van der Waals surface area contributed by atoms with Crippen LogP contribution < -0.4 is 5.32 Å². The molecule has 0 saturated heterocycles. The van der Waals surface area contributed by atoms with Crippen molar-refractivity contribution in [1.82, 2.24) is 19.9 Å². The fraction of sp³-hybridized carbons (Fsp3) is 0.438. The summed E-state index contributed by atoms with van der Waals surface area (Å²) in [4.78, 5) is 15.3. The minimum atomic E-state index is 0.642. The molecular weight excluding hydrogens is 262 g/mol. The molecular formula is C16H23N5. The Bertz CT molecular complexity index is 525. The number of nitrogens with one attached hydrogen (secondary N) is 1. The van der Waals surface area contributed by atoms with Crippen LogP contribution in [0.3, 0.4) is 0 Å². The fourth-order valence-electron chi connectivity index (χ4n) is 2.15. The van der Waals surface area contributed by atoms with Gasteiger partial charge in [0.05, 0.1) is 0 Å². The molecule has 1 heterocycles. The summed E-state index contributed by atoms with van der Waals surface area (Å²) in [5.74, 6) is 1.35. The summed E-state index contributed by atoms with van der Waals surface area (Å²) in [5.41, 5.74) is 1.01. The molecule has 1 aromatic carbocycles. The molecule has 2 rings (SSSR count). The van der Waals surface area contributed by atoms with Gasteiger partial charge in [-0.25, -0.2) is 9.97 Å². The number of hydrogen-bond donors (Lipinski definition) is 1. The predicted molar refractivity (Wildman–Crippen MR) is 86.2 cm³/mol. The lowest BCUT2D eigenvalue weighted by Crippen LogP contribution is -2.25. The van der Waals surface area contributed by atoms with Crippen LogP contribution in [0.4, 0.5) is 5.95 Å². The molecule has 5 nitrogen and oxygen atoms in total. The van der Waals surface area contributed by atoms with E-state index in [1.165, 1.54) is 0 Å². The highest BCUT2D eigenvalue weighted by Crippen LogP contribution is 2.13. The van der Waals surface area contributed by atoms with E-state index in [4.69, 9.17) is 0 Å². The summed E-state index contributed by atoms with van der Waals surface area (Å²) in [6.07, 6.45) is 2.64. The van der Waals surface area contributed by atoms with Crippen molar-refractivity contribution < 1.29 is 0 Å². The predicted octanol–water partition coefficient (Wildman–Crippen LogP) is 2.68. The zero-order chi connectivity index (χ0) is 14.9. The molecule has 21 heavy (non-hydrogen) atoms. The molecule has 1 N–H and O–H groups in total. The van der Waals surface area contributed by atoms with Crippen molar-refractivity contribution >= 4 is 5.95 Å². The number of aromatic nitrogens is 3. The molecule has 0 amide bonds. The summed E-state index contributed by atoms with van der Waals surface area (Å²) in [5, 5.41) is 3.27. The monoisotopic (exact) mass is 285 g/mol. The van der Waals surface area contributed by atoms with E-state index in [-0.39, 0.29) is 0 Å². The van der Waals surface area contributed by atoms with Gasteiger partial charge < -0.3 is 10.2 Å². The Morgan fingerprint density at radius 2 is 1.81 bits per heavy atom. The van der Waals surface area contributed by atoms with E-state index in [9.17, 15) is 0 Å². The Labute approximate surface area is 126 Å². The Morgan fingerprint density at radius 1 is 1.05 bits per heavy atom. The molecule has 0 spiro atoms. The van der Waals surface area contributed by atoms with Crippen molar-refractivity contribution in [3.63, 3.8) is 0 Å². The summed E-state index contributed by atoms with van der Waals surface area (Å²) >= 11 is 0. The standard InChI is InChI=1S/C16H23N5/c1-3-21(4-2)12-8-11-17-16-19-13-18-15(20-16)14-9-6-5-7-10-14/h5-7,9-10,13H,3-4,8,11-12H2,1-2H3,(H,17,18,19,20). The summed E-state index contributed by atoms with van der Waals surface area (Å²) in [7, 11) is 0. The summed E-state index contributed by atoms with van der Waals surface area (Å²) in [6, 6.07) is 9.95. The van der Waals surface area contributed by atoms with E-state index < -0.39 is 0 Å². The number of nitrogens with zero attached hydrogens (tertiary/aromatic N) is 4. The lowest BCUT2D eigenvalue weighted by molar-refractivity contribution is 0.303. The van der Waals surface area contributed by atoms with E-state index in [0.29, 0.717) is 11.8 Å². The maximum atomic E-state index is 4.45. The van der Waals surface area contributed by atoms with Crippen LogP contribution >= 0.6 is 0 Å². The largest absolute Gasteiger partial charge is 0.354 e. The van der Waals surface area contributed by atoms with Gasteiger partial charge in [0, 0.05) is 12.1 Å². The molecule has 0 radical (unpaired) electrons. The van der Waals surface area contributed by atoms with E-state index >= 15 is 0 Å². The first kappa shape index (κ1) is 15.4. The minimum Gasteiger partial charge on any atom is -0.354 e. The van der Waals surface area contributed by atoms with Gasteiger partial charge in [0.25, 0.3) is 0 Å². The van der Waals surface area contributed by atoms with Gasteiger partial charge in [0.2, 0.25) is 5.95 Å². The Kier molecular flexibility index (Phi) is 6.09. The normalized spacial score (nSPS) is 10.8. The second-order valence-corrected chi connectivity index (χ2v) is 4.81. The number of hydrogen-bond acceptors (Lipinski definition) is 5. The minimum absolute atomic E-state index is 0.642. The van der Waals surface area contributed by atoms with Crippen molar-refractivity contribution in [2.24, 2.45) is 0 Å². The highest BCUT2D eigenvalue weighted by molar-refractivity contribution is 5.55. The van der Waals surface area contributed by atoms with Crippen molar-refractivity contribution in [3.05, 3.63) is 36.7 Å². The number of rotatable bonds is 8. The molecule has 0 saturated carbocycles. The Hall–Kier alpha value is -2.01. The van der Waals surface area contributed by atoms with Gasteiger partial charge in [0.15, 0.2) is 5.82 Å². The third-order valence-electron chi connectivity index (χ3n) is 3.43. The van der Waals surface area contributed by atoms with Crippen LogP contribution in [0.25, 0.3) is 11.4 Å². The van der Waals surface area contributed by atoms with E-state index in [1.54, 1.807) is 6.33 Å². The van der Waals surface area contributed by atoms with E-state index in [1.807, 2.05) is 30.3 Å². The topological polar surface area (TPSA) is 53.9 Å². The molecule has 112 valence electrons. The Morgan fingerprint density at radius 3 is 2.52 bits per heavy atom. The lowest BCUT2D eigenvalue weighted by atomic mass is 10.2. The molecule has 0 atom stereocenters. The summed E-state index contributed by atoms with van der Waals surface area (Å²) < 4.78 is 0. The average molecular weight is 285 g/mol. The maximum absolute atomic E-state index is 4.45. The fourth-order valence-corrected chi connectivity index (χ4v) is 2.15. The quantitative estimate of drug-likeness (QED) is 0.756. The third kappa shape index (κ3) is 4.79. The molecule has 2 aromatic rings. The van der Waals surface area contributed by atoms with Crippen LogP contribution in [0.2, 0.25) is 0 Å². The molecule has 0 aliphatic rings. The number of anilines is 1.